The lowest BCUT2D eigenvalue weighted by atomic mass is 10.3. The number of carbonyl (C=O) groups excluding carboxylic acids is 1. The molecule has 0 aliphatic carbocycles. The van der Waals surface area contributed by atoms with Gasteiger partial charge in [0, 0.05) is 18.3 Å². The summed E-state index contributed by atoms with van der Waals surface area (Å²) in [5.74, 6) is -1.00. The Morgan fingerprint density at radius 1 is 1.26 bits per heavy atom. The van der Waals surface area contributed by atoms with Gasteiger partial charge in [-0.15, -0.1) is 0 Å². The first-order chi connectivity index (χ1) is 8.90. The van der Waals surface area contributed by atoms with E-state index >= 15 is 0 Å². The van der Waals surface area contributed by atoms with Crippen molar-refractivity contribution in [3.63, 3.8) is 0 Å². The van der Waals surface area contributed by atoms with Crippen molar-refractivity contribution in [1.82, 2.24) is 4.57 Å². The number of carbonyl (C=O) groups is 1. The van der Waals surface area contributed by atoms with E-state index in [0.717, 1.165) is 0 Å². The Kier molecular flexibility index (Phi) is 3.78. The van der Waals surface area contributed by atoms with E-state index in [1.807, 2.05) is 0 Å². The predicted octanol–water partition coefficient (Wildman–Crippen LogP) is 2.34. The minimum atomic E-state index is -3.67. The minimum Gasteiger partial charge on any atom is -0.348 e. The van der Waals surface area contributed by atoms with Crippen LogP contribution in [0.5, 0.6) is 0 Å². The molecule has 0 radical (unpaired) electrons. The highest BCUT2D eigenvalue weighted by atomic mass is 35.5. The van der Waals surface area contributed by atoms with Crippen LogP contribution in [-0.2, 0) is 16.9 Å². The van der Waals surface area contributed by atoms with Gasteiger partial charge in [-0.05, 0) is 30.3 Å². The van der Waals surface area contributed by atoms with Crippen LogP contribution in [0.2, 0.25) is 5.02 Å². The summed E-state index contributed by atoms with van der Waals surface area (Å²) in [6, 6.07) is 9.19. The maximum absolute atomic E-state index is 12.1. The molecule has 2 rings (SSSR count). The van der Waals surface area contributed by atoms with Crippen LogP contribution in [0.1, 0.15) is 10.5 Å². The standard InChI is InChI=1S/C13H12ClNO3S/c1-15-7-3-6-12(15)13(16)9-19(17,18)11-5-2-4-10(14)8-11/h2-8H,9H2,1H3. The molecule has 0 fully saturated rings. The zero-order valence-electron chi connectivity index (χ0n) is 10.2. The van der Waals surface area contributed by atoms with Crippen LogP contribution in [0.25, 0.3) is 0 Å². The molecule has 0 amide bonds. The second-order valence-corrected chi connectivity index (χ2v) is 6.57. The molecule has 0 saturated heterocycles. The Hall–Kier alpha value is -1.59. The van der Waals surface area contributed by atoms with Gasteiger partial charge in [0.1, 0.15) is 5.75 Å². The number of aryl methyl sites for hydroxylation is 1. The van der Waals surface area contributed by atoms with Crippen molar-refractivity contribution in [2.24, 2.45) is 7.05 Å². The highest BCUT2D eigenvalue weighted by Crippen LogP contribution is 2.17. The molecule has 1 aromatic carbocycles. The van der Waals surface area contributed by atoms with E-state index in [1.165, 1.54) is 12.1 Å². The number of ketones is 1. The fourth-order valence-corrected chi connectivity index (χ4v) is 3.25. The second kappa shape index (κ2) is 5.19. The van der Waals surface area contributed by atoms with Crippen molar-refractivity contribution in [3.05, 3.63) is 53.3 Å². The molecule has 0 bridgehead atoms. The van der Waals surface area contributed by atoms with E-state index in [4.69, 9.17) is 11.6 Å². The van der Waals surface area contributed by atoms with E-state index in [-0.39, 0.29) is 4.90 Å². The first kappa shape index (κ1) is 13.8. The van der Waals surface area contributed by atoms with Gasteiger partial charge in [-0.25, -0.2) is 8.42 Å². The van der Waals surface area contributed by atoms with Crippen molar-refractivity contribution >= 4 is 27.2 Å². The summed E-state index contributed by atoms with van der Waals surface area (Å²) in [7, 11) is -1.98. The molecule has 1 heterocycles. The first-order valence-corrected chi connectivity index (χ1v) is 7.56. The highest BCUT2D eigenvalue weighted by molar-refractivity contribution is 7.92. The maximum Gasteiger partial charge on any atom is 0.194 e. The summed E-state index contributed by atoms with van der Waals surface area (Å²) in [4.78, 5) is 12.0. The van der Waals surface area contributed by atoms with E-state index in [1.54, 1.807) is 42.1 Å². The number of rotatable bonds is 4. The minimum absolute atomic E-state index is 0.0579. The van der Waals surface area contributed by atoms with Gasteiger partial charge < -0.3 is 4.57 Å². The second-order valence-electron chi connectivity index (χ2n) is 4.14. The average molecular weight is 298 g/mol. The fraction of sp³-hybridized carbons (Fsp3) is 0.154. The van der Waals surface area contributed by atoms with Crippen molar-refractivity contribution < 1.29 is 13.2 Å². The van der Waals surface area contributed by atoms with Gasteiger partial charge >= 0.3 is 0 Å². The van der Waals surface area contributed by atoms with Crippen LogP contribution in [0.3, 0.4) is 0 Å². The summed E-state index contributed by atoms with van der Waals surface area (Å²) >= 11 is 5.76. The maximum atomic E-state index is 12.1. The smallest absolute Gasteiger partial charge is 0.194 e. The topological polar surface area (TPSA) is 56.1 Å². The fourth-order valence-electron chi connectivity index (χ4n) is 1.74. The molecule has 19 heavy (non-hydrogen) atoms. The van der Waals surface area contributed by atoms with Gasteiger partial charge in [-0.2, -0.15) is 0 Å². The van der Waals surface area contributed by atoms with Crippen molar-refractivity contribution in [3.8, 4) is 0 Å². The Morgan fingerprint density at radius 2 is 2.00 bits per heavy atom. The Morgan fingerprint density at radius 3 is 2.58 bits per heavy atom. The van der Waals surface area contributed by atoms with Gasteiger partial charge in [0.2, 0.25) is 0 Å². The predicted molar refractivity (Wildman–Crippen MR) is 73.2 cm³/mol. The average Bonchev–Trinajstić information content (AvgIpc) is 2.75. The number of hydrogen-bond acceptors (Lipinski definition) is 3. The van der Waals surface area contributed by atoms with Crippen LogP contribution in [0.4, 0.5) is 0 Å². The van der Waals surface area contributed by atoms with Crippen LogP contribution >= 0.6 is 11.6 Å². The van der Waals surface area contributed by atoms with Gasteiger partial charge in [0.25, 0.3) is 0 Å². The number of sulfone groups is 1. The largest absolute Gasteiger partial charge is 0.348 e. The molecule has 0 N–H and O–H groups in total. The molecule has 4 nitrogen and oxygen atoms in total. The number of hydrogen-bond donors (Lipinski definition) is 0. The van der Waals surface area contributed by atoms with Crippen molar-refractivity contribution in [2.75, 3.05) is 5.75 Å². The van der Waals surface area contributed by atoms with Gasteiger partial charge in [0.15, 0.2) is 15.6 Å². The zero-order chi connectivity index (χ0) is 14.0. The number of aromatic nitrogens is 1. The van der Waals surface area contributed by atoms with Gasteiger partial charge in [-0.3, -0.25) is 4.79 Å². The molecule has 2 aromatic rings. The summed E-state index contributed by atoms with van der Waals surface area (Å²) in [5.41, 5.74) is 0.366. The first-order valence-electron chi connectivity index (χ1n) is 5.53. The quantitative estimate of drug-likeness (QED) is 0.814. The van der Waals surface area contributed by atoms with Crippen molar-refractivity contribution in [2.45, 2.75) is 4.90 Å². The summed E-state index contributed by atoms with van der Waals surface area (Å²) in [6.45, 7) is 0. The summed E-state index contributed by atoms with van der Waals surface area (Å²) in [6.07, 6.45) is 1.69. The van der Waals surface area contributed by atoms with Gasteiger partial charge in [0.05, 0.1) is 10.6 Å². The molecule has 0 aliphatic rings. The molecule has 0 unspecified atom stereocenters. The number of benzene rings is 1. The van der Waals surface area contributed by atoms with Crippen LogP contribution in [-0.4, -0.2) is 24.5 Å². The van der Waals surface area contributed by atoms with Gasteiger partial charge in [-0.1, -0.05) is 17.7 Å². The van der Waals surface area contributed by atoms with E-state index < -0.39 is 21.4 Å². The Bertz CT molecular complexity index is 719. The van der Waals surface area contributed by atoms with E-state index in [9.17, 15) is 13.2 Å². The third-order valence-electron chi connectivity index (χ3n) is 2.71. The highest BCUT2D eigenvalue weighted by Gasteiger charge is 2.21. The monoisotopic (exact) mass is 297 g/mol. The third kappa shape index (κ3) is 3.05. The molecule has 6 heteroatoms. The normalized spacial score (nSPS) is 11.5. The Labute approximate surface area is 116 Å². The lowest BCUT2D eigenvalue weighted by Crippen LogP contribution is -2.18. The Balaban J connectivity index is 2.28. The molecule has 1 aromatic heterocycles. The molecule has 100 valence electrons. The third-order valence-corrected chi connectivity index (χ3v) is 4.56. The van der Waals surface area contributed by atoms with Crippen LogP contribution < -0.4 is 0 Å². The molecule has 0 spiro atoms. The zero-order valence-corrected chi connectivity index (χ0v) is 11.8. The van der Waals surface area contributed by atoms with E-state index in [2.05, 4.69) is 0 Å². The molecule has 0 saturated carbocycles. The van der Waals surface area contributed by atoms with Crippen LogP contribution in [0, 0.1) is 0 Å². The molecular formula is C13H12ClNO3S. The lowest BCUT2D eigenvalue weighted by molar-refractivity contribution is 0.101. The summed E-state index contributed by atoms with van der Waals surface area (Å²) < 4.78 is 25.8. The number of halogens is 1. The number of Topliss-reactive ketones (excluding diaryl/α,β-unsaturated/α-hetero) is 1. The lowest BCUT2D eigenvalue weighted by Gasteiger charge is -2.05. The van der Waals surface area contributed by atoms with Crippen LogP contribution in [0.15, 0.2) is 47.5 Å². The van der Waals surface area contributed by atoms with Crippen molar-refractivity contribution in [1.29, 1.82) is 0 Å². The molecular weight excluding hydrogens is 286 g/mol. The molecule has 0 atom stereocenters. The van der Waals surface area contributed by atoms with E-state index in [0.29, 0.717) is 10.7 Å². The molecule has 0 aliphatic heterocycles. The number of nitrogens with zero attached hydrogens (tertiary/aromatic N) is 1. The SMILES string of the molecule is Cn1cccc1C(=O)CS(=O)(=O)c1cccc(Cl)c1. The summed E-state index contributed by atoms with van der Waals surface area (Å²) in [5, 5.41) is 0.326.